The van der Waals surface area contributed by atoms with Gasteiger partial charge in [-0.25, -0.2) is 4.79 Å². The van der Waals surface area contributed by atoms with Gasteiger partial charge in [-0.3, -0.25) is 0 Å². The molecule has 1 unspecified atom stereocenters. The maximum Gasteiger partial charge on any atom is 0.329 e. The smallest absolute Gasteiger partial charge is 0.329 e. The predicted molar refractivity (Wildman–Crippen MR) is 67.9 cm³/mol. The van der Waals surface area contributed by atoms with E-state index in [9.17, 15) is 4.79 Å². The second-order valence-electron chi connectivity index (χ2n) is 4.07. The van der Waals surface area contributed by atoms with Crippen LogP contribution in [0.25, 0.3) is 0 Å². The number of carboxylic acids is 1. The lowest BCUT2D eigenvalue weighted by Crippen LogP contribution is -2.15. The number of carboxylic acid groups (broad SMARTS) is 1. The zero-order valence-corrected chi connectivity index (χ0v) is 11.5. The first-order valence-corrected chi connectivity index (χ1v) is 6.59. The highest BCUT2D eigenvalue weighted by Gasteiger charge is 2.24. The number of aromatic nitrogens is 3. The quantitative estimate of drug-likeness (QED) is 0.840. The van der Waals surface area contributed by atoms with E-state index in [-0.39, 0.29) is 12.7 Å². The summed E-state index contributed by atoms with van der Waals surface area (Å²) in [5.74, 6) is -0.949. The molecule has 94 valence electrons. The third-order valence-electron chi connectivity index (χ3n) is 2.84. The Kier molecular flexibility index (Phi) is 4.32. The first-order chi connectivity index (χ1) is 8.18. The second kappa shape index (κ2) is 5.76. The van der Waals surface area contributed by atoms with Gasteiger partial charge in [0.25, 0.3) is 0 Å². The Hall–Kier alpha value is -0.700. The molecule has 0 amide bonds. The molecule has 0 aromatic carbocycles. The normalized spacial score (nSPS) is 20.4. The second-order valence-corrected chi connectivity index (χ2v) is 4.99. The molecule has 1 atom stereocenters. The molecular formula is C10H14IN3O3. The third-order valence-corrected chi connectivity index (χ3v) is 3.62. The van der Waals surface area contributed by atoms with Gasteiger partial charge in [0.15, 0.2) is 0 Å². The van der Waals surface area contributed by atoms with Crippen molar-refractivity contribution >= 4 is 28.8 Å². The van der Waals surface area contributed by atoms with Crippen LogP contribution in [0, 0.1) is 0 Å². The Morgan fingerprint density at radius 3 is 3.12 bits per heavy atom. The summed E-state index contributed by atoms with van der Waals surface area (Å²) in [6.45, 7) is -0.280. The maximum atomic E-state index is 10.5. The summed E-state index contributed by atoms with van der Waals surface area (Å²) < 4.78 is 7.13. The van der Waals surface area contributed by atoms with E-state index >= 15 is 0 Å². The summed E-state index contributed by atoms with van der Waals surface area (Å²) in [5.41, 5.74) is 1.86. The monoisotopic (exact) mass is 351 g/mol. The van der Waals surface area contributed by atoms with Gasteiger partial charge in [-0.2, -0.15) is 2.90 Å². The van der Waals surface area contributed by atoms with Gasteiger partial charge in [-0.1, -0.05) is 18.1 Å². The van der Waals surface area contributed by atoms with Gasteiger partial charge in [0.05, 0.1) is 28.6 Å². The van der Waals surface area contributed by atoms with E-state index < -0.39 is 5.97 Å². The number of hydrogen-bond acceptors (Lipinski definition) is 4. The molecule has 17 heavy (non-hydrogen) atoms. The molecule has 0 spiro atoms. The average Bonchev–Trinajstić information content (AvgIpc) is 2.59. The van der Waals surface area contributed by atoms with Gasteiger partial charge >= 0.3 is 5.97 Å². The van der Waals surface area contributed by atoms with Crippen LogP contribution in [0.1, 0.15) is 43.2 Å². The fourth-order valence-corrected chi connectivity index (χ4v) is 2.62. The summed E-state index contributed by atoms with van der Waals surface area (Å²) in [4.78, 5) is 10.5. The number of hydrogen-bond donors (Lipinski definition) is 1. The van der Waals surface area contributed by atoms with Crippen LogP contribution < -0.4 is 0 Å². The first kappa shape index (κ1) is 12.7. The lowest BCUT2D eigenvalue weighted by molar-refractivity contribution is -0.144. The van der Waals surface area contributed by atoms with Crippen LogP contribution in [0.2, 0.25) is 0 Å². The third kappa shape index (κ3) is 3.15. The molecule has 1 heterocycles. The number of halogens is 1. The minimum Gasteiger partial charge on any atom is -0.480 e. The Balaban J connectivity index is 2.17. The fraction of sp³-hybridized carbons (Fsp3) is 0.700. The molecule has 0 saturated carbocycles. The molecule has 0 radical (unpaired) electrons. The van der Waals surface area contributed by atoms with E-state index in [1.54, 1.807) is 2.90 Å². The molecule has 0 fully saturated rings. The standard InChI is InChI=1S/C10H14IN3O3/c11-14-7-4-2-1-3-5-8(10(7)12-13-14)17-6-9(15)16/h8H,1-6H2,(H,15,16). The number of ether oxygens (including phenoxy) is 1. The highest BCUT2D eigenvalue weighted by Crippen LogP contribution is 2.29. The molecule has 0 bridgehead atoms. The van der Waals surface area contributed by atoms with Crippen molar-refractivity contribution in [1.29, 1.82) is 0 Å². The molecule has 0 aliphatic heterocycles. The number of carbonyl (C=O) groups is 1. The minimum absolute atomic E-state index is 0.232. The van der Waals surface area contributed by atoms with Crippen LogP contribution in [0.3, 0.4) is 0 Å². The molecule has 0 saturated heterocycles. The summed E-state index contributed by atoms with van der Waals surface area (Å²) in [5, 5.41) is 16.7. The molecular weight excluding hydrogens is 337 g/mol. The SMILES string of the molecule is O=C(O)COC1CCCCCc2c1nnn2I. The van der Waals surface area contributed by atoms with Crippen molar-refractivity contribution in [3.63, 3.8) is 0 Å². The van der Waals surface area contributed by atoms with Crippen molar-refractivity contribution in [2.45, 2.75) is 38.2 Å². The Morgan fingerprint density at radius 2 is 2.35 bits per heavy atom. The van der Waals surface area contributed by atoms with Crippen LogP contribution in [0.15, 0.2) is 0 Å². The van der Waals surface area contributed by atoms with Crippen LogP contribution in [-0.4, -0.2) is 30.9 Å². The summed E-state index contributed by atoms with van der Waals surface area (Å²) in [7, 11) is 0. The Morgan fingerprint density at radius 1 is 1.53 bits per heavy atom. The van der Waals surface area contributed by atoms with E-state index in [0.29, 0.717) is 0 Å². The molecule has 6 nitrogen and oxygen atoms in total. The largest absolute Gasteiger partial charge is 0.480 e. The summed E-state index contributed by atoms with van der Waals surface area (Å²) >= 11 is 2.09. The lowest BCUT2D eigenvalue weighted by atomic mass is 9.99. The average molecular weight is 351 g/mol. The number of aliphatic carboxylic acids is 1. The van der Waals surface area contributed by atoms with Crippen molar-refractivity contribution in [1.82, 2.24) is 13.2 Å². The van der Waals surface area contributed by atoms with Gasteiger partial charge in [0.1, 0.15) is 18.4 Å². The van der Waals surface area contributed by atoms with E-state index in [4.69, 9.17) is 9.84 Å². The van der Waals surface area contributed by atoms with Gasteiger partial charge in [0.2, 0.25) is 0 Å². The highest BCUT2D eigenvalue weighted by atomic mass is 127. The number of rotatable bonds is 3. The van der Waals surface area contributed by atoms with Crippen LogP contribution >= 0.6 is 22.9 Å². The molecule has 1 aromatic rings. The number of fused-ring (bicyclic) bond motifs is 1. The van der Waals surface area contributed by atoms with Crippen molar-refractivity contribution in [2.24, 2.45) is 0 Å². The van der Waals surface area contributed by atoms with Crippen molar-refractivity contribution in [3.8, 4) is 0 Å². The van der Waals surface area contributed by atoms with E-state index in [2.05, 4.69) is 33.2 Å². The molecule has 1 aliphatic carbocycles. The zero-order chi connectivity index (χ0) is 12.3. The molecule has 1 aromatic heterocycles. The minimum atomic E-state index is -0.949. The van der Waals surface area contributed by atoms with E-state index in [1.165, 1.54) is 0 Å². The molecule has 1 N–H and O–H groups in total. The number of nitrogens with zero attached hydrogens (tertiary/aromatic N) is 3. The Bertz CT molecular complexity index is 408. The van der Waals surface area contributed by atoms with Gasteiger partial charge in [-0.15, -0.1) is 5.10 Å². The topological polar surface area (TPSA) is 77.2 Å². The summed E-state index contributed by atoms with van der Waals surface area (Å²) in [6, 6.07) is 0. The van der Waals surface area contributed by atoms with Crippen molar-refractivity contribution < 1.29 is 14.6 Å². The van der Waals surface area contributed by atoms with E-state index in [0.717, 1.165) is 43.5 Å². The van der Waals surface area contributed by atoms with Crippen LogP contribution in [0.4, 0.5) is 0 Å². The lowest BCUT2D eigenvalue weighted by Gasteiger charge is -2.18. The highest BCUT2D eigenvalue weighted by molar-refractivity contribution is 14.1. The molecule has 7 heteroatoms. The first-order valence-electron chi connectivity index (χ1n) is 5.62. The maximum absolute atomic E-state index is 10.5. The summed E-state index contributed by atoms with van der Waals surface area (Å²) in [6.07, 6.45) is 4.81. The molecule has 1 aliphatic rings. The van der Waals surface area contributed by atoms with Gasteiger partial charge in [-0.05, 0) is 19.3 Å². The van der Waals surface area contributed by atoms with E-state index in [1.807, 2.05) is 0 Å². The van der Waals surface area contributed by atoms with Gasteiger partial charge in [0, 0.05) is 0 Å². The fourth-order valence-electron chi connectivity index (χ4n) is 2.03. The predicted octanol–water partition coefficient (Wildman–Crippen LogP) is 1.73. The van der Waals surface area contributed by atoms with Crippen molar-refractivity contribution in [3.05, 3.63) is 11.4 Å². The Labute approximate surface area is 113 Å². The van der Waals surface area contributed by atoms with Crippen molar-refractivity contribution in [2.75, 3.05) is 6.61 Å². The zero-order valence-electron chi connectivity index (χ0n) is 9.30. The van der Waals surface area contributed by atoms with Crippen LogP contribution in [0.5, 0.6) is 0 Å². The molecule has 2 rings (SSSR count). The van der Waals surface area contributed by atoms with Crippen LogP contribution in [-0.2, 0) is 16.0 Å². The van der Waals surface area contributed by atoms with Gasteiger partial charge < -0.3 is 9.84 Å².